The first-order chi connectivity index (χ1) is 6.77. The van der Waals surface area contributed by atoms with Crippen LogP contribution in [-0.2, 0) is 0 Å². The Balaban J connectivity index is 2.53. The zero-order valence-electron chi connectivity index (χ0n) is 7.91. The number of rotatable bonds is 5. The molecule has 1 amide bonds. The maximum absolute atomic E-state index is 11.3. The summed E-state index contributed by atoms with van der Waals surface area (Å²) in [6.45, 7) is 2.97. The van der Waals surface area contributed by atoms with Gasteiger partial charge in [0.2, 0.25) is 0 Å². The van der Waals surface area contributed by atoms with E-state index in [-0.39, 0.29) is 19.1 Å². The van der Waals surface area contributed by atoms with Gasteiger partial charge in [0.1, 0.15) is 4.88 Å². The Morgan fingerprint density at radius 1 is 1.71 bits per heavy atom. The van der Waals surface area contributed by atoms with Crippen molar-refractivity contribution >= 4 is 22.4 Å². The number of carbonyl (C=O) groups excluding carboxylic acids is 1. The lowest BCUT2D eigenvalue weighted by Gasteiger charge is -1.98. The number of hydrogen-bond donors (Lipinski definition) is 3. The molecule has 0 aliphatic rings. The minimum atomic E-state index is -0.194. The topological polar surface area (TPSA) is 74.2 Å². The molecule has 0 unspecified atom stereocenters. The molecule has 1 rings (SSSR count). The standard InChI is InChI=1S/C8H13N3O2S/c1-2-9-8-11-5-6(14-8)7(13)10-3-4-12/h5,12H,2-4H2,1H3,(H,9,11)(H,10,13). The number of aliphatic hydroxyl groups excluding tert-OH is 1. The second kappa shape index (κ2) is 5.56. The fraction of sp³-hybridized carbons (Fsp3) is 0.500. The molecule has 0 aliphatic carbocycles. The number of amides is 1. The summed E-state index contributed by atoms with van der Waals surface area (Å²) in [5.74, 6) is -0.194. The second-order valence-electron chi connectivity index (χ2n) is 2.54. The Bertz CT molecular complexity index is 301. The molecule has 1 aromatic rings. The molecule has 1 heterocycles. The van der Waals surface area contributed by atoms with Gasteiger partial charge in [-0.15, -0.1) is 0 Å². The van der Waals surface area contributed by atoms with E-state index in [1.807, 2.05) is 6.92 Å². The van der Waals surface area contributed by atoms with Gasteiger partial charge < -0.3 is 15.7 Å². The number of aromatic nitrogens is 1. The van der Waals surface area contributed by atoms with E-state index in [4.69, 9.17) is 5.11 Å². The molecular weight excluding hydrogens is 202 g/mol. The largest absolute Gasteiger partial charge is 0.395 e. The molecule has 78 valence electrons. The maximum atomic E-state index is 11.3. The summed E-state index contributed by atoms with van der Waals surface area (Å²) >= 11 is 1.30. The Morgan fingerprint density at radius 2 is 2.50 bits per heavy atom. The molecule has 0 atom stereocenters. The number of aliphatic hydroxyl groups is 1. The van der Waals surface area contributed by atoms with Gasteiger partial charge in [0, 0.05) is 13.1 Å². The lowest BCUT2D eigenvalue weighted by molar-refractivity contribution is 0.0948. The van der Waals surface area contributed by atoms with Crippen LogP contribution >= 0.6 is 11.3 Å². The first-order valence-corrected chi connectivity index (χ1v) is 5.18. The van der Waals surface area contributed by atoms with Crippen molar-refractivity contribution in [2.45, 2.75) is 6.92 Å². The normalized spacial score (nSPS) is 9.86. The molecule has 14 heavy (non-hydrogen) atoms. The zero-order chi connectivity index (χ0) is 10.4. The van der Waals surface area contributed by atoms with E-state index in [1.54, 1.807) is 0 Å². The minimum absolute atomic E-state index is 0.0510. The van der Waals surface area contributed by atoms with Crippen molar-refractivity contribution in [3.8, 4) is 0 Å². The predicted octanol–water partition coefficient (Wildman–Crippen LogP) is 0.297. The van der Waals surface area contributed by atoms with Crippen molar-refractivity contribution in [3.05, 3.63) is 11.1 Å². The Morgan fingerprint density at radius 3 is 3.14 bits per heavy atom. The third kappa shape index (κ3) is 2.97. The molecule has 6 heteroatoms. The van der Waals surface area contributed by atoms with Gasteiger partial charge >= 0.3 is 0 Å². The molecule has 0 saturated carbocycles. The third-order valence-corrected chi connectivity index (χ3v) is 2.41. The number of carbonyl (C=O) groups is 1. The number of hydrogen-bond acceptors (Lipinski definition) is 5. The second-order valence-corrected chi connectivity index (χ2v) is 3.57. The third-order valence-electron chi connectivity index (χ3n) is 1.45. The van der Waals surface area contributed by atoms with E-state index in [0.29, 0.717) is 4.88 Å². The Hall–Kier alpha value is -1.14. The fourth-order valence-corrected chi connectivity index (χ4v) is 1.67. The number of thiazole rings is 1. The van der Waals surface area contributed by atoms with Crippen LogP contribution in [0.4, 0.5) is 5.13 Å². The van der Waals surface area contributed by atoms with Crippen LogP contribution in [0.25, 0.3) is 0 Å². The summed E-state index contributed by atoms with van der Waals surface area (Å²) in [7, 11) is 0. The van der Waals surface area contributed by atoms with Crippen molar-refractivity contribution in [2.75, 3.05) is 25.0 Å². The maximum Gasteiger partial charge on any atom is 0.263 e. The van der Waals surface area contributed by atoms with E-state index >= 15 is 0 Å². The smallest absolute Gasteiger partial charge is 0.263 e. The van der Waals surface area contributed by atoms with Gasteiger partial charge in [0.05, 0.1) is 12.8 Å². The van der Waals surface area contributed by atoms with Crippen molar-refractivity contribution in [1.82, 2.24) is 10.3 Å². The predicted molar refractivity (Wildman–Crippen MR) is 55.7 cm³/mol. The average molecular weight is 215 g/mol. The van der Waals surface area contributed by atoms with Gasteiger partial charge in [-0.1, -0.05) is 11.3 Å². The number of nitrogens with zero attached hydrogens (tertiary/aromatic N) is 1. The van der Waals surface area contributed by atoms with E-state index in [1.165, 1.54) is 17.5 Å². The lowest BCUT2D eigenvalue weighted by atomic mass is 10.5. The van der Waals surface area contributed by atoms with Crippen LogP contribution in [0.15, 0.2) is 6.20 Å². The molecule has 1 aromatic heterocycles. The van der Waals surface area contributed by atoms with E-state index in [0.717, 1.165) is 11.7 Å². The molecule has 0 bridgehead atoms. The summed E-state index contributed by atoms with van der Waals surface area (Å²) in [4.78, 5) is 15.9. The van der Waals surface area contributed by atoms with Crippen molar-refractivity contribution in [1.29, 1.82) is 0 Å². The summed E-state index contributed by atoms with van der Waals surface area (Å²) in [6, 6.07) is 0. The highest BCUT2D eigenvalue weighted by atomic mass is 32.1. The zero-order valence-corrected chi connectivity index (χ0v) is 8.73. The van der Waals surface area contributed by atoms with Crippen LogP contribution in [-0.4, -0.2) is 35.7 Å². The summed E-state index contributed by atoms with van der Waals surface area (Å²) in [5.41, 5.74) is 0. The van der Waals surface area contributed by atoms with Gasteiger partial charge in [-0.05, 0) is 6.92 Å². The minimum Gasteiger partial charge on any atom is -0.395 e. The Kier molecular flexibility index (Phi) is 4.34. The highest BCUT2D eigenvalue weighted by molar-refractivity contribution is 7.17. The van der Waals surface area contributed by atoms with Crippen LogP contribution in [0.5, 0.6) is 0 Å². The molecule has 0 fully saturated rings. The van der Waals surface area contributed by atoms with E-state index < -0.39 is 0 Å². The SMILES string of the molecule is CCNc1ncc(C(=O)NCCO)s1. The van der Waals surface area contributed by atoms with Gasteiger partial charge in [-0.25, -0.2) is 4.98 Å². The summed E-state index contributed by atoms with van der Waals surface area (Å²) in [5, 5.41) is 14.8. The molecule has 3 N–H and O–H groups in total. The van der Waals surface area contributed by atoms with E-state index in [2.05, 4.69) is 15.6 Å². The van der Waals surface area contributed by atoms with Crippen molar-refractivity contribution in [2.24, 2.45) is 0 Å². The van der Waals surface area contributed by atoms with Gasteiger partial charge in [-0.2, -0.15) is 0 Å². The quantitative estimate of drug-likeness (QED) is 0.660. The number of nitrogens with one attached hydrogen (secondary N) is 2. The lowest BCUT2D eigenvalue weighted by Crippen LogP contribution is -2.25. The van der Waals surface area contributed by atoms with Crippen LogP contribution in [0.2, 0.25) is 0 Å². The van der Waals surface area contributed by atoms with Gasteiger partial charge in [-0.3, -0.25) is 4.79 Å². The van der Waals surface area contributed by atoms with Gasteiger partial charge in [0.25, 0.3) is 5.91 Å². The first kappa shape index (κ1) is 10.9. The highest BCUT2D eigenvalue weighted by Crippen LogP contribution is 2.17. The summed E-state index contributed by atoms with van der Waals surface area (Å²) in [6.07, 6.45) is 1.52. The van der Waals surface area contributed by atoms with Crippen LogP contribution < -0.4 is 10.6 Å². The highest BCUT2D eigenvalue weighted by Gasteiger charge is 2.08. The Labute approximate surface area is 86.2 Å². The molecule has 0 aliphatic heterocycles. The molecular formula is C8H13N3O2S. The van der Waals surface area contributed by atoms with Gasteiger partial charge in [0.15, 0.2) is 5.13 Å². The summed E-state index contributed by atoms with van der Waals surface area (Å²) < 4.78 is 0. The van der Waals surface area contributed by atoms with Crippen molar-refractivity contribution < 1.29 is 9.90 Å². The molecule has 0 saturated heterocycles. The molecule has 0 aromatic carbocycles. The average Bonchev–Trinajstić information content (AvgIpc) is 2.63. The monoisotopic (exact) mass is 215 g/mol. The molecule has 0 spiro atoms. The van der Waals surface area contributed by atoms with Crippen molar-refractivity contribution in [3.63, 3.8) is 0 Å². The molecule has 0 radical (unpaired) electrons. The van der Waals surface area contributed by atoms with Crippen LogP contribution in [0.3, 0.4) is 0 Å². The fourth-order valence-electron chi connectivity index (χ4n) is 0.869. The number of anilines is 1. The van der Waals surface area contributed by atoms with Crippen LogP contribution in [0.1, 0.15) is 16.6 Å². The first-order valence-electron chi connectivity index (χ1n) is 4.36. The van der Waals surface area contributed by atoms with E-state index in [9.17, 15) is 4.79 Å². The van der Waals surface area contributed by atoms with Crippen LogP contribution in [0, 0.1) is 0 Å². The molecule has 5 nitrogen and oxygen atoms in total.